The van der Waals surface area contributed by atoms with Crippen molar-refractivity contribution in [3.05, 3.63) is 34.9 Å². The Bertz CT molecular complexity index is 483. The van der Waals surface area contributed by atoms with E-state index in [1.54, 1.807) is 0 Å². The molecule has 116 valence electrons. The van der Waals surface area contributed by atoms with Gasteiger partial charge in [-0.1, -0.05) is 36.7 Å². The van der Waals surface area contributed by atoms with Crippen LogP contribution in [0.2, 0.25) is 5.02 Å². The molecule has 2 rings (SSSR count). The Labute approximate surface area is 132 Å². The molecule has 0 saturated carbocycles. The Kier molecular flexibility index (Phi) is 5.65. The van der Waals surface area contributed by atoms with Gasteiger partial charge in [0.05, 0.1) is 5.41 Å². The van der Waals surface area contributed by atoms with Crippen molar-refractivity contribution < 1.29 is 4.79 Å². The summed E-state index contributed by atoms with van der Waals surface area (Å²) in [7, 11) is 0. The average molecular weight is 309 g/mol. The highest BCUT2D eigenvalue weighted by molar-refractivity contribution is 6.31. The summed E-state index contributed by atoms with van der Waals surface area (Å²) in [6.45, 7) is 7.36. The first-order chi connectivity index (χ1) is 10.1. The average Bonchev–Trinajstić information content (AvgIpc) is 2.54. The monoisotopic (exact) mass is 308 g/mol. The zero-order valence-electron chi connectivity index (χ0n) is 13.0. The van der Waals surface area contributed by atoms with Crippen LogP contribution in [0.15, 0.2) is 24.3 Å². The number of hydrogen-bond acceptors (Lipinski definition) is 2. The number of nitrogens with zero attached hydrogens (tertiary/aromatic N) is 1. The van der Waals surface area contributed by atoms with Gasteiger partial charge in [-0.05, 0) is 50.9 Å². The molecule has 0 aromatic heterocycles. The Hall–Kier alpha value is -1.06. The van der Waals surface area contributed by atoms with Gasteiger partial charge >= 0.3 is 0 Å². The second-order valence-corrected chi connectivity index (χ2v) is 6.20. The Morgan fingerprint density at radius 3 is 2.52 bits per heavy atom. The summed E-state index contributed by atoms with van der Waals surface area (Å²) in [6, 6.07) is 7.78. The minimum atomic E-state index is -0.192. The summed E-state index contributed by atoms with van der Waals surface area (Å²) in [5.74, 6) is 0.286. The molecule has 21 heavy (non-hydrogen) atoms. The number of carbonyl (C=O) groups is 1. The zero-order valence-corrected chi connectivity index (χ0v) is 13.7. The predicted octanol–water partition coefficient (Wildman–Crippen LogP) is 3.47. The van der Waals surface area contributed by atoms with Crippen molar-refractivity contribution in [2.75, 3.05) is 19.6 Å². The quantitative estimate of drug-likeness (QED) is 0.903. The summed E-state index contributed by atoms with van der Waals surface area (Å²) < 4.78 is 0. The fraction of sp³-hybridized carbons (Fsp3) is 0.588. The van der Waals surface area contributed by atoms with Crippen LogP contribution in [0.25, 0.3) is 0 Å². The molecule has 1 aromatic rings. The van der Waals surface area contributed by atoms with E-state index < -0.39 is 0 Å². The van der Waals surface area contributed by atoms with Crippen LogP contribution < -0.4 is 5.32 Å². The Balaban J connectivity index is 2.16. The van der Waals surface area contributed by atoms with E-state index in [9.17, 15) is 4.79 Å². The molecule has 0 aliphatic carbocycles. The van der Waals surface area contributed by atoms with Crippen molar-refractivity contribution in [2.24, 2.45) is 5.41 Å². The van der Waals surface area contributed by atoms with Crippen molar-refractivity contribution in [2.45, 2.75) is 39.7 Å². The lowest BCUT2D eigenvalue weighted by Crippen LogP contribution is -2.48. The van der Waals surface area contributed by atoms with Gasteiger partial charge in [0.15, 0.2) is 0 Å². The SMILES string of the molecule is CCN(Cc1ccccc1Cl)C(=O)C1(CC)CCNCC1. The third kappa shape index (κ3) is 3.58. The molecule has 1 fully saturated rings. The largest absolute Gasteiger partial charge is 0.338 e. The molecule has 3 nitrogen and oxygen atoms in total. The summed E-state index contributed by atoms with van der Waals surface area (Å²) >= 11 is 6.24. The summed E-state index contributed by atoms with van der Waals surface area (Å²) in [5.41, 5.74) is 0.831. The molecule has 1 aliphatic heterocycles. The molecule has 1 aliphatic rings. The van der Waals surface area contributed by atoms with Gasteiger partial charge in [0.2, 0.25) is 5.91 Å². The van der Waals surface area contributed by atoms with E-state index in [4.69, 9.17) is 11.6 Å². The minimum Gasteiger partial charge on any atom is -0.338 e. The number of nitrogens with one attached hydrogen (secondary N) is 1. The van der Waals surface area contributed by atoms with E-state index in [-0.39, 0.29) is 11.3 Å². The predicted molar refractivity (Wildman–Crippen MR) is 87.4 cm³/mol. The number of hydrogen-bond donors (Lipinski definition) is 1. The molecule has 1 aromatic carbocycles. The molecular formula is C17H25ClN2O. The molecule has 1 heterocycles. The van der Waals surface area contributed by atoms with Crippen LogP contribution in [0.5, 0.6) is 0 Å². The lowest BCUT2D eigenvalue weighted by atomic mass is 9.75. The van der Waals surface area contributed by atoms with Crippen LogP contribution in [0.3, 0.4) is 0 Å². The fourth-order valence-corrected chi connectivity index (χ4v) is 3.31. The van der Waals surface area contributed by atoms with E-state index in [0.29, 0.717) is 6.54 Å². The first-order valence-electron chi connectivity index (χ1n) is 7.86. The molecule has 1 amide bonds. The summed E-state index contributed by atoms with van der Waals surface area (Å²) in [6.07, 6.45) is 2.77. The van der Waals surface area contributed by atoms with Crippen molar-refractivity contribution in [3.8, 4) is 0 Å². The van der Waals surface area contributed by atoms with Crippen molar-refractivity contribution in [1.82, 2.24) is 10.2 Å². The van der Waals surface area contributed by atoms with Gasteiger partial charge in [0.1, 0.15) is 0 Å². The van der Waals surface area contributed by atoms with E-state index >= 15 is 0 Å². The Morgan fingerprint density at radius 2 is 1.95 bits per heavy atom. The first kappa shape index (κ1) is 16.3. The van der Waals surface area contributed by atoms with Crippen LogP contribution in [-0.4, -0.2) is 30.4 Å². The van der Waals surface area contributed by atoms with Gasteiger partial charge in [0.25, 0.3) is 0 Å². The van der Waals surface area contributed by atoms with E-state index in [2.05, 4.69) is 12.2 Å². The van der Waals surface area contributed by atoms with E-state index in [1.807, 2.05) is 36.1 Å². The normalized spacial score (nSPS) is 17.5. The Morgan fingerprint density at radius 1 is 1.29 bits per heavy atom. The summed E-state index contributed by atoms with van der Waals surface area (Å²) in [4.78, 5) is 15.0. The van der Waals surface area contributed by atoms with Crippen molar-refractivity contribution in [1.29, 1.82) is 0 Å². The van der Waals surface area contributed by atoms with Gasteiger partial charge in [-0.3, -0.25) is 4.79 Å². The standard InChI is InChI=1S/C17H25ClN2O/c1-3-17(9-11-19-12-10-17)16(21)20(4-2)13-14-7-5-6-8-15(14)18/h5-8,19H,3-4,9-13H2,1-2H3. The van der Waals surface area contributed by atoms with Crippen LogP contribution in [0.1, 0.15) is 38.7 Å². The van der Waals surface area contributed by atoms with Gasteiger partial charge in [-0.2, -0.15) is 0 Å². The maximum absolute atomic E-state index is 13.1. The van der Waals surface area contributed by atoms with Gasteiger partial charge in [-0.25, -0.2) is 0 Å². The van der Waals surface area contributed by atoms with Crippen LogP contribution in [0, 0.1) is 5.41 Å². The zero-order chi connectivity index (χ0) is 15.3. The molecule has 0 spiro atoms. The van der Waals surface area contributed by atoms with Gasteiger partial charge in [-0.15, -0.1) is 0 Å². The number of halogens is 1. The topological polar surface area (TPSA) is 32.3 Å². The fourth-order valence-electron chi connectivity index (χ4n) is 3.12. The number of carbonyl (C=O) groups excluding carboxylic acids is 1. The lowest BCUT2D eigenvalue weighted by Gasteiger charge is -2.39. The van der Waals surface area contributed by atoms with Crippen LogP contribution in [0.4, 0.5) is 0 Å². The maximum atomic E-state index is 13.1. The minimum absolute atomic E-state index is 0.192. The molecular weight excluding hydrogens is 284 g/mol. The highest BCUT2D eigenvalue weighted by atomic mass is 35.5. The lowest BCUT2D eigenvalue weighted by molar-refractivity contribution is -0.144. The number of benzene rings is 1. The third-order valence-corrected chi connectivity index (χ3v) is 5.05. The molecule has 1 saturated heterocycles. The summed E-state index contributed by atoms with van der Waals surface area (Å²) in [5, 5.41) is 4.09. The van der Waals surface area contributed by atoms with E-state index in [0.717, 1.165) is 49.5 Å². The first-order valence-corrected chi connectivity index (χ1v) is 8.24. The highest BCUT2D eigenvalue weighted by Gasteiger charge is 2.40. The van der Waals surface area contributed by atoms with Crippen LogP contribution >= 0.6 is 11.6 Å². The van der Waals surface area contributed by atoms with Crippen molar-refractivity contribution in [3.63, 3.8) is 0 Å². The second-order valence-electron chi connectivity index (χ2n) is 5.79. The van der Waals surface area contributed by atoms with E-state index in [1.165, 1.54) is 0 Å². The number of piperidine rings is 1. The van der Waals surface area contributed by atoms with Gasteiger partial charge < -0.3 is 10.2 Å². The van der Waals surface area contributed by atoms with Crippen molar-refractivity contribution >= 4 is 17.5 Å². The molecule has 4 heteroatoms. The third-order valence-electron chi connectivity index (χ3n) is 4.68. The number of rotatable bonds is 5. The molecule has 0 bridgehead atoms. The smallest absolute Gasteiger partial charge is 0.229 e. The van der Waals surface area contributed by atoms with Crippen LogP contribution in [-0.2, 0) is 11.3 Å². The molecule has 0 atom stereocenters. The van der Waals surface area contributed by atoms with Gasteiger partial charge in [0, 0.05) is 18.1 Å². The molecule has 0 unspecified atom stereocenters. The molecule has 0 radical (unpaired) electrons. The number of amides is 1. The second kappa shape index (κ2) is 7.28. The molecule has 1 N–H and O–H groups in total. The maximum Gasteiger partial charge on any atom is 0.229 e. The highest BCUT2D eigenvalue weighted by Crippen LogP contribution is 2.35.